The molecule has 0 atom stereocenters. The van der Waals surface area contributed by atoms with Gasteiger partial charge >= 0.3 is 0 Å². The number of hydrogen-bond acceptors (Lipinski definition) is 6. The number of nitro benzene ring substituents is 1. The average molecular weight is 424 g/mol. The molecule has 0 aliphatic rings. The van der Waals surface area contributed by atoms with E-state index in [0.29, 0.717) is 33.7 Å². The fraction of sp³-hybridized carbons (Fsp3) is 0.100. The number of H-pyrrole nitrogens is 1. The summed E-state index contributed by atoms with van der Waals surface area (Å²) in [5.41, 5.74) is 3.08. The van der Waals surface area contributed by atoms with Gasteiger partial charge in [0.25, 0.3) is 11.2 Å². The summed E-state index contributed by atoms with van der Waals surface area (Å²) in [5.74, 6) is 0. The quantitative estimate of drug-likeness (QED) is 0.396. The Morgan fingerprint density at radius 3 is 2.20 bits per heavy atom. The van der Waals surface area contributed by atoms with Crippen LogP contribution in [0.3, 0.4) is 0 Å². The van der Waals surface area contributed by atoms with Gasteiger partial charge in [0, 0.05) is 30.0 Å². The van der Waals surface area contributed by atoms with Crippen LogP contribution < -0.4 is 5.56 Å². The van der Waals surface area contributed by atoms with E-state index in [0.717, 1.165) is 6.26 Å². The van der Waals surface area contributed by atoms with Gasteiger partial charge in [-0.3, -0.25) is 14.9 Å². The maximum Gasteiger partial charge on any atom is 0.274 e. The van der Waals surface area contributed by atoms with Crippen molar-refractivity contribution >= 4 is 21.2 Å². The van der Waals surface area contributed by atoms with Crippen LogP contribution in [0.4, 0.5) is 5.69 Å². The van der Waals surface area contributed by atoms with Crippen LogP contribution in [0.1, 0.15) is 5.69 Å². The van der Waals surface area contributed by atoms with Crippen molar-refractivity contribution in [2.24, 2.45) is 0 Å². The van der Waals surface area contributed by atoms with Crippen molar-refractivity contribution in [2.75, 3.05) is 6.26 Å². The summed E-state index contributed by atoms with van der Waals surface area (Å²) in [6.07, 6.45) is 1.14. The SMILES string of the molecule is Cc1nn2c(=O)cc(-c3ccc([N+](=O)[O-])cc3)[nH]c2c1-c1ccc(S(C)(=O)=O)cc1. The van der Waals surface area contributed by atoms with E-state index < -0.39 is 14.8 Å². The Morgan fingerprint density at radius 1 is 1.03 bits per heavy atom. The zero-order valence-corrected chi connectivity index (χ0v) is 16.8. The number of aromatic amines is 1. The fourth-order valence-electron chi connectivity index (χ4n) is 3.28. The summed E-state index contributed by atoms with van der Waals surface area (Å²) in [5, 5.41) is 15.2. The van der Waals surface area contributed by atoms with Gasteiger partial charge in [0.1, 0.15) is 5.65 Å². The number of nitrogens with zero attached hydrogens (tertiary/aromatic N) is 3. The third-order valence-electron chi connectivity index (χ3n) is 4.75. The van der Waals surface area contributed by atoms with Gasteiger partial charge < -0.3 is 4.98 Å². The minimum Gasteiger partial charge on any atom is -0.339 e. The second-order valence-electron chi connectivity index (χ2n) is 6.84. The molecule has 2 aromatic carbocycles. The normalized spacial score (nSPS) is 11.7. The summed E-state index contributed by atoms with van der Waals surface area (Å²) in [7, 11) is -3.33. The van der Waals surface area contributed by atoms with E-state index in [1.54, 1.807) is 31.2 Å². The highest BCUT2D eigenvalue weighted by Crippen LogP contribution is 2.29. The highest BCUT2D eigenvalue weighted by Gasteiger charge is 2.17. The van der Waals surface area contributed by atoms with Crippen LogP contribution in [0.25, 0.3) is 28.0 Å². The predicted molar refractivity (Wildman–Crippen MR) is 111 cm³/mol. The van der Waals surface area contributed by atoms with Crippen molar-refractivity contribution in [3.05, 3.63) is 80.8 Å². The highest BCUT2D eigenvalue weighted by molar-refractivity contribution is 7.90. The molecule has 0 aliphatic carbocycles. The van der Waals surface area contributed by atoms with Gasteiger partial charge in [0.15, 0.2) is 9.84 Å². The first-order valence-corrected chi connectivity index (χ1v) is 10.7. The number of nitro groups is 1. The minimum absolute atomic E-state index is 0.0472. The number of benzene rings is 2. The van der Waals surface area contributed by atoms with Crippen LogP contribution in [0.2, 0.25) is 0 Å². The molecule has 1 N–H and O–H groups in total. The largest absolute Gasteiger partial charge is 0.339 e. The summed E-state index contributed by atoms with van der Waals surface area (Å²) in [6, 6.07) is 13.6. The number of rotatable bonds is 4. The van der Waals surface area contributed by atoms with Crippen molar-refractivity contribution in [3.8, 4) is 22.4 Å². The maximum atomic E-state index is 12.6. The lowest BCUT2D eigenvalue weighted by molar-refractivity contribution is -0.384. The Labute approximate surface area is 170 Å². The molecule has 152 valence electrons. The third-order valence-corrected chi connectivity index (χ3v) is 5.88. The molecule has 0 spiro atoms. The number of non-ortho nitro benzene ring substituents is 1. The molecule has 4 rings (SSSR count). The molecule has 0 aliphatic heterocycles. The van der Waals surface area contributed by atoms with Crippen LogP contribution in [0.5, 0.6) is 0 Å². The number of hydrogen-bond donors (Lipinski definition) is 1. The standard InChI is InChI=1S/C20H16N4O5S/c1-12-19(14-5-9-16(10-6-14)30(2,28)29)20-21-17(11-18(25)23(20)22-12)13-3-7-15(8-4-13)24(26)27/h3-11,21H,1-2H3. The molecular weight excluding hydrogens is 408 g/mol. The Balaban J connectivity index is 1.88. The zero-order chi connectivity index (χ0) is 21.6. The van der Waals surface area contributed by atoms with Gasteiger partial charge in [0.2, 0.25) is 0 Å². The first-order valence-electron chi connectivity index (χ1n) is 8.83. The van der Waals surface area contributed by atoms with Crippen LogP contribution in [0.15, 0.2) is 64.3 Å². The van der Waals surface area contributed by atoms with Crippen molar-refractivity contribution < 1.29 is 13.3 Å². The number of fused-ring (bicyclic) bond motifs is 1. The Bertz CT molecular complexity index is 1450. The van der Waals surface area contributed by atoms with Crippen molar-refractivity contribution in [3.63, 3.8) is 0 Å². The summed E-state index contributed by atoms with van der Waals surface area (Å²) in [4.78, 5) is 26.4. The van der Waals surface area contributed by atoms with E-state index in [1.807, 2.05) is 0 Å². The van der Waals surface area contributed by atoms with Crippen LogP contribution >= 0.6 is 0 Å². The second-order valence-corrected chi connectivity index (χ2v) is 8.86. The lowest BCUT2D eigenvalue weighted by atomic mass is 10.1. The third kappa shape index (κ3) is 3.37. The first-order chi connectivity index (χ1) is 14.1. The maximum absolute atomic E-state index is 12.6. The molecule has 30 heavy (non-hydrogen) atoms. The van der Waals surface area contributed by atoms with Gasteiger partial charge in [0.05, 0.1) is 21.2 Å². The van der Waals surface area contributed by atoms with E-state index in [2.05, 4.69) is 10.1 Å². The molecule has 0 saturated heterocycles. The number of aryl methyl sites for hydroxylation is 1. The minimum atomic E-state index is -3.33. The lowest BCUT2D eigenvalue weighted by Crippen LogP contribution is -2.14. The number of sulfone groups is 1. The van der Waals surface area contributed by atoms with E-state index in [4.69, 9.17) is 0 Å². The lowest BCUT2D eigenvalue weighted by Gasteiger charge is -2.06. The average Bonchev–Trinajstić information content (AvgIpc) is 3.04. The topological polar surface area (TPSA) is 127 Å². The summed E-state index contributed by atoms with van der Waals surface area (Å²) < 4.78 is 24.7. The van der Waals surface area contributed by atoms with E-state index in [-0.39, 0.29) is 16.1 Å². The summed E-state index contributed by atoms with van der Waals surface area (Å²) in [6.45, 7) is 1.76. The number of nitrogens with one attached hydrogen (secondary N) is 1. The molecule has 4 aromatic rings. The molecular formula is C20H16N4O5S. The monoisotopic (exact) mass is 424 g/mol. The van der Waals surface area contributed by atoms with Crippen molar-refractivity contribution in [2.45, 2.75) is 11.8 Å². The smallest absolute Gasteiger partial charge is 0.274 e. The van der Waals surface area contributed by atoms with E-state index >= 15 is 0 Å². The molecule has 0 radical (unpaired) electrons. The van der Waals surface area contributed by atoms with E-state index in [1.165, 1.54) is 34.8 Å². The zero-order valence-electron chi connectivity index (χ0n) is 16.0. The molecule has 0 fully saturated rings. The predicted octanol–water partition coefficient (Wildman–Crippen LogP) is 2.98. The molecule has 10 heteroatoms. The van der Waals surface area contributed by atoms with Gasteiger partial charge in [-0.1, -0.05) is 12.1 Å². The second kappa shape index (κ2) is 6.92. The van der Waals surface area contributed by atoms with Crippen LogP contribution in [-0.4, -0.2) is 34.2 Å². The van der Waals surface area contributed by atoms with Crippen LogP contribution in [0, 0.1) is 17.0 Å². The van der Waals surface area contributed by atoms with Gasteiger partial charge in [-0.05, 0) is 42.3 Å². The molecule has 2 heterocycles. The highest BCUT2D eigenvalue weighted by atomic mass is 32.2. The molecule has 0 amide bonds. The molecule has 2 aromatic heterocycles. The van der Waals surface area contributed by atoms with Gasteiger partial charge in [-0.15, -0.1) is 0 Å². The first kappa shape index (κ1) is 19.5. The van der Waals surface area contributed by atoms with E-state index in [9.17, 15) is 23.3 Å². The van der Waals surface area contributed by atoms with Gasteiger partial charge in [-0.25, -0.2) is 8.42 Å². The molecule has 0 bridgehead atoms. The molecule has 0 saturated carbocycles. The fourth-order valence-corrected chi connectivity index (χ4v) is 3.91. The van der Waals surface area contributed by atoms with Gasteiger partial charge in [-0.2, -0.15) is 9.61 Å². The van der Waals surface area contributed by atoms with Crippen molar-refractivity contribution in [1.29, 1.82) is 0 Å². The summed E-state index contributed by atoms with van der Waals surface area (Å²) >= 11 is 0. The Kier molecular flexibility index (Phi) is 4.50. The Hall–Kier alpha value is -3.79. The van der Waals surface area contributed by atoms with Crippen LogP contribution in [-0.2, 0) is 9.84 Å². The number of aromatic nitrogens is 3. The Morgan fingerprint density at radius 2 is 1.63 bits per heavy atom. The molecule has 9 nitrogen and oxygen atoms in total. The van der Waals surface area contributed by atoms with Crippen molar-refractivity contribution in [1.82, 2.24) is 14.6 Å². The molecule has 0 unspecified atom stereocenters.